The zero-order valence-electron chi connectivity index (χ0n) is 8.96. The molecule has 0 aliphatic rings. The zero-order chi connectivity index (χ0) is 10.9. The van der Waals surface area contributed by atoms with Crippen LogP contribution in [-0.4, -0.2) is 12.2 Å². The van der Waals surface area contributed by atoms with E-state index in [1.807, 2.05) is 26.8 Å². The summed E-state index contributed by atoms with van der Waals surface area (Å²) in [5, 5.41) is 9.89. The number of aromatic hydroxyl groups is 1. The standard InChI is InChI=1S/C11H16O2S/c1-11(2,3)8-5-7(14)6-9(13-4)10(8)12/h5-6,12,14H,1-4H3. The highest BCUT2D eigenvalue weighted by molar-refractivity contribution is 7.80. The van der Waals surface area contributed by atoms with Crippen LogP contribution in [-0.2, 0) is 5.41 Å². The van der Waals surface area contributed by atoms with Crippen LogP contribution in [0.15, 0.2) is 17.0 Å². The van der Waals surface area contributed by atoms with Crippen molar-refractivity contribution >= 4 is 12.6 Å². The number of hydrogen-bond acceptors (Lipinski definition) is 3. The molecule has 1 N–H and O–H groups in total. The van der Waals surface area contributed by atoms with Crippen LogP contribution in [0.3, 0.4) is 0 Å². The van der Waals surface area contributed by atoms with Gasteiger partial charge >= 0.3 is 0 Å². The van der Waals surface area contributed by atoms with Crippen molar-refractivity contribution < 1.29 is 9.84 Å². The first-order valence-corrected chi connectivity index (χ1v) is 4.91. The molecule has 1 rings (SSSR count). The van der Waals surface area contributed by atoms with Gasteiger partial charge < -0.3 is 9.84 Å². The fraction of sp³-hybridized carbons (Fsp3) is 0.455. The average molecular weight is 212 g/mol. The summed E-state index contributed by atoms with van der Waals surface area (Å²) in [5.41, 5.74) is 0.734. The van der Waals surface area contributed by atoms with Gasteiger partial charge in [-0.3, -0.25) is 0 Å². The molecular formula is C11H16O2S. The molecule has 1 aromatic rings. The molecule has 2 nitrogen and oxygen atoms in total. The largest absolute Gasteiger partial charge is 0.504 e. The Bertz CT molecular complexity index is 340. The lowest BCUT2D eigenvalue weighted by molar-refractivity contribution is 0.363. The monoisotopic (exact) mass is 212 g/mol. The quantitative estimate of drug-likeness (QED) is 0.701. The Kier molecular flexibility index (Phi) is 3.00. The van der Waals surface area contributed by atoms with Crippen LogP contribution in [0.4, 0.5) is 0 Å². The van der Waals surface area contributed by atoms with Gasteiger partial charge in [0, 0.05) is 10.5 Å². The average Bonchev–Trinajstić information content (AvgIpc) is 2.06. The van der Waals surface area contributed by atoms with E-state index in [1.165, 1.54) is 7.11 Å². The lowest BCUT2D eigenvalue weighted by Crippen LogP contribution is -2.11. The summed E-state index contributed by atoms with van der Waals surface area (Å²) in [6.07, 6.45) is 0. The van der Waals surface area contributed by atoms with Gasteiger partial charge in [0.25, 0.3) is 0 Å². The first kappa shape index (κ1) is 11.2. The van der Waals surface area contributed by atoms with Gasteiger partial charge in [0.2, 0.25) is 0 Å². The molecule has 0 spiro atoms. The highest BCUT2D eigenvalue weighted by atomic mass is 32.1. The topological polar surface area (TPSA) is 29.5 Å². The molecular weight excluding hydrogens is 196 g/mol. The summed E-state index contributed by atoms with van der Waals surface area (Å²) in [7, 11) is 1.54. The molecule has 3 heteroatoms. The van der Waals surface area contributed by atoms with Crippen LogP contribution >= 0.6 is 12.6 Å². The third kappa shape index (κ3) is 2.15. The number of phenolic OH excluding ortho intramolecular Hbond substituents is 1. The van der Waals surface area contributed by atoms with E-state index >= 15 is 0 Å². The molecule has 0 saturated heterocycles. The lowest BCUT2D eigenvalue weighted by Gasteiger charge is -2.22. The van der Waals surface area contributed by atoms with Crippen molar-refractivity contribution in [1.82, 2.24) is 0 Å². The van der Waals surface area contributed by atoms with Gasteiger partial charge in [-0.25, -0.2) is 0 Å². The van der Waals surface area contributed by atoms with Crippen molar-refractivity contribution in [2.24, 2.45) is 0 Å². The third-order valence-electron chi connectivity index (χ3n) is 2.09. The molecule has 0 saturated carbocycles. The Morgan fingerprint density at radius 1 is 1.29 bits per heavy atom. The van der Waals surface area contributed by atoms with Gasteiger partial charge in [0.15, 0.2) is 11.5 Å². The minimum absolute atomic E-state index is 0.115. The predicted octanol–water partition coefficient (Wildman–Crippen LogP) is 2.99. The van der Waals surface area contributed by atoms with Crippen LogP contribution in [0, 0.1) is 0 Å². The van der Waals surface area contributed by atoms with E-state index in [0.29, 0.717) is 5.75 Å². The summed E-state index contributed by atoms with van der Waals surface area (Å²) >= 11 is 4.27. The van der Waals surface area contributed by atoms with E-state index in [9.17, 15) is 5.11 Å². The van der Waals surface area contributed by atoms with E-state index < -0.39 is 0 Å². The van der Waals surface area contributed by atoms with E-state index in [1.54, 1.807) is 6.07 Å². The van der Waals surface area contributed by atoms with Crippen molar-refractivity contribution in [3.63, 3.8) is 0 Å². The molecule has 0 fully saturated rings. The van der Waals surface area contributed by atoms with Crippen molar-refractivity contribution in [3.8, 4) is 11.5 Å². The summed E-state index contributed by atoms with van der Waals surface area (Å²) in [4.78, 5) is 0.796. The number of methoxy groups -OCH3 is 1. The molecule has 1 aromatic carbocycles. The number of hydrogen-bond donors (Lipinski definition) is 2. The van der Waals surface area contributed by atoms with Crippen molar-refractivity contribution in [2.75, 3.05) is 7.11 Å². The van der Waals surface area contributed by atoms with Crippen LogP contribution in [0.5, 0.6) is 11.5 Å². The summed E-state index contributed by atoms with van der Waals surface area (Å²) in [5.74, 6) is 0.681. The molecule has 0 aliphatic carbocycles. The predicted molar refractivity (Wildman–Crippen MR) is 60.6 cm³/mol. The van der Waals surface area contributed by atoms with E-state index in [-0.39, 0.29) is 11.2 Å². The Balaban J connectivity index is 3.37. The minimum atomic E-state index is -0.115. The molecule has 14 heavy (non-hydrogen) atoms. The highest BCUT2D eigenvalue weighted by Gasteiger charge is 2.21. The Morgan fingerprint density at radius 3 is 2.29 bits per heavy atom. The van der Waals surface area contributed by atoms with Crippen molar-refractivity contribution in [1.29, 1.82) is 0 Å². The number of ether oxygens (including phenoxy) is 1. The SMILES string of the molecule is COc1cc(S)cc(C(C)(C)C)c1O. The Labute approximate surface area is 90.3 Å². The van der Waals surface area contributed by atoms with Crippen molar-refractivity contribution in [2.45, 2.75) is 31.1 Å². The van der Waals surface area contributed by atoms with Crippen LogP contribution in [0.1, 0.15) is 26.3 Å². The van der Waals surface area contributed by atoms with Crippen LogP contribution in [0.2, 0.25) is 0 Å². The second kappa shape index (κ2) is 3.73. The smallest absolute Gasteiger partial charge is 0.161 e. The molecule has 0 atom stereocenters. The fourth-order valence-corrected chi connectivity index (χ4v) is 1.57. The highest BCUT2D eigenvalue weighted by Crippen LogP contribution is 2.39. The molecule has 0 radical (unpaired) electrons. The van der Waals surface area contributed by atoms with Crippen LogP contribution < -0.4 is 4.74 Å². The number of rotatable bonds is 1. The maximum atomic E-state index is 9.89. The molecule has 78 valence electrons. The minimum Gasteiger partial charge on any atom is -0.504 e. The Morgan fingerprint density at radius 2 is 1.86 bits per heavy atom. The molecule has 0 aliphatic heterocycles. The van der Waals surface area contributed by atoms with E-state index in [0.717, 1.165) is 10.5 Å². The molecule has 0 bridgehead atoms. The fourth-order valence-electron chi connectivity index (χ4n) is 1.32. The first-order valence-electron chi connectivity index (χ1n) is 4.46. The third-order valence-corrected chi connectivity index (χ3v) is 2.35. The number of benzene rings is 1. The number of phenols is 1. The second-order valence-corrected chi connectivity index (χ2v) is 4.81. The summed E-state index contributed by atoms with van der Waals surface area (Å²) in [6, 6.07) is 3.56. The van der Waals surface area contributed by atoms with E-state index in [2.05, 4.69) is 12.6 Å². The lowest BCUT2D eigenvalue weighted by atomic mass is 9.86. The normalized spacial score (nSPS) is 11.5. The summed E-state index contributed by atoms with van der Waals surface area (Å²) < 4.78 is 5.06. The number of thiol groups is 1. The Hall–Kier alpha value is -0.830. The van der Waals surface area contributed by atoms with E-state index in [4.69, 9.17) is 4.74 Å². The molecule has 0 aromatic heterocycles. The van der Waals surface area contributed by atoms with Gasteiger partial charge in [-0.05, 0) is 17.5 Å². The van der Waals surface area contributed by atoms with Gasteiger partial charge in [0.05, 0.1) is 7.11 Å². The van der Waals surface area contributed by atoms with Crippen molar-refractivity contribution in [3.05, 3.63) is 17.7 Å². The first-order chi connectivity index (χ1) is 6.36. The second-order valence-electron chi connectivity index (χ2n) is 4.29. The molecule has 0 amide bonds. The maximum Gasteiger partial charge on any atom is 0.161 e. The van der Waals surface area contributed by atoms with Gasteiger partial charge in [-0.2, -0.15) is 0 Å². The zero-order valence-corrected chi connectivity index (χ0v) is 9.85. The van der Waals surface area contributed by atoms with Gasteiger partial charge in [0.1, 0.15) is 0 Å². The summed E-state index contributed by atoms with van der Waals surface area (Å²) in [6.45, 7) is 6.11. The molecule has 0 unspecified atom stereocenters. The van der Waals surface area contributed by atoms with Gasteiger partial charge in [-0.15, -0.1) is 12.6 Å². The molecule has 0 heterocycles. The maximum absolute atomic E-state index is 9.89. The van der Waals surface area contributed by atoms with Crippen LogP contribution in [0.25, 0.3) is 0 Å². The van der Waals surface area contributed by atoms with Gasteiger partial charge in [-0.1, -0.05) is 20.8 Å².